The number of Topliss-reactive ketones (excluding diaryl/α,β-unsaturated/α-hetero) is 1. The number of carbonyl (C=O) groups excluding carboxylic acids is 1. The molecule has 0 fully saturated rings. The molecule has 1 aromatic rings. The van der Waals surface area contributed by atoms with E-state index < -0.39 is 21.6 Å². The Hall–Kier alpha value is -1.51. The van der Waals surface area contributed by atoms with Crippen molar-refractivity contribution in [3.05, 3.63) is 55.9 Å². The Kier molecular flexibility index (Phi) is 3.67. The van der Waals surface area contributed by atoms with Gasteiger partial charge in [0.2, 0.25) is 0 Å². The summed E-state index contributed by atoms with van der Waals surface area (Å²) in [4.78, 5) is 12.7. The van der Waals surface area contributed by atoms with Crippen molar-refractivity contribution < 1.29 is 22.3 Å². The van der Waals surface area contributed by atoms with Crippen LogP contribution in [0.5, 0.6) is 0 Å². The van der Waals surface area contributed by atoms with Crippen molar-refractivity contribution in [1.82, 2.24) is 5.32 Å². The number of halogens is 2. The maximum absolute atomic E-state index is 13.6. The van der Waals surface area contributed by atoms with Crippen LogP contribution in [0, 0.1) is 5.82 Å². The Morgan fingerprint density at radius 3 is 2.79 bits per heavy atom. The first-order chi connectivity index (χ1) is 11.4. The number of allylic oxidation sites excluding steroid dienone is 2. The molecule has 0 saturated carbocycles. The lowest BCUT2D eigenvalue weighted by atomic mass is 9.83. The van der Waals surface area contributed by atoms with Crippen molar-refractivity contribution in [1.29, 1.82) is 0 Å². The minimum atomic E-state index is -3.46. The standard InChI is InChI=1S/C16H13BrFNO4S/c17-9-5-8(1-2-10(9)18)14-15-12(6-23-7-13(15)20)19-11-3-4-24(21,22)16(11)14/h1-2,5,14,19H,3-4,6-7H2. The maximum atomic E-state index is 13.6. The van der Waals surface area contributed by atoms with Crippen LogP contribution in [0.1, 0.15) is 17.9 Å². The molecular weight excluding hydrogens is 401 g/mol. The molecular formula is C16H13BrFNO4S. The van der Waals surface area contributed by atoms with E-state index in [9.17, 15) is 17.6 Å². The summed E-state index contributed by atoms with van der Waals surface area (Å²) >= 11 is 3.14. The zero-order chi connectivity index (χ0) is 17.1. The van der Waals surface area contributed by atoms with Gasteiger partial charge in [0.15, 0.2) is 15.6 Å². The molecule has 0 saturated heterocycles. The molecule has 24 heavy (non-hydrogen) atoms. The summed E-state index contributed by atoms with van der Waals surface area (Å²) in [5, 5.41) is 3.08. The molecule has 5 nitrogen and oxygen atoms in total. The van der Waals surface area contributed by atoms with Gasteiger partial charge in [-0.2, -0.15) is 0 Å². The van der Waals surface area contributed by atoms with E-state index in [1.807, 2.05) is 0 Å². The number of hydrogen-bond acceptors (Lipinski definition) is 5. The van der Waals surface area contributed by atoms with Crippen molar-refractivity contribution in [2.45, 2.75) is 12.3 Å². The van der Waals surface area contributed by atoms with Crippen LogP contribution >= 0.6 is 15.9 Å². The van der Waals surface area contributed by atoms with Gasteiger partial charge in [-0.3, -0.25) is 4.79 Å². The molecule has 0 spiro atoms. The highest BCUT2D eigenvalue weighted by Gasteiger charge is 2.44. The Bertz CT molecular complexity index is 935. The average molecular weight is 414 g/mol. The van der Waals surface area contributed by atoms with E-state index in [1.54, 1.807) is 0 Å². The fourth-order valence-electron chi connectivity index (χ4n) is 3.47. The normalized spacial score (nSPS) is 25.4. The first-order valence-corrected chi connectivity index (χ1v) is 9.85. The predicted molar refractivity (Wildman–Crippen MR) is 88.3 cm³/mol. The van der Waals surface area contributed by atoms with Crippen LogP contribution in [-0.2, 0) is 19.4 Å². The van der Waals surface area contributed by atoms with Gasteiger partial charge >= 0.3 is 0 Å². The van der Waals surface area contributed by atoms with Crippen molar-refractivity contribution >= 4 is 31.6 Å². The third-order valence-electron chi connectivity index (χ3n) is 4.49. The topological polar surface area (TPSA) is 72.5 Å². The molecule has 0 radical (unpaired) electrons. The van der Waals surface area contributed by atoms with E-state index in [0.717, 1.165) is 0 Å². The van der Waals surface area contributed by atoms with E-state index in [0.29, 0.717) is 29.0 Å². The molecule has 1 unspecified atom stereocenters. The Morgan fingerprint density at radius 1 is 1.25 bits per heavy atom. The molecule has 1 atom stereocenters. The third-order valence-corrected chi connectivity index (χ3v) is 6.99. The molecule has 3 heterocycles. The van der Waals surface area contributed by atoms with Gasteiger partial charge in [0.05, 0.1) is 27.7 Å². The first-order valence-electron chi connectivity index (χ1n) is 7.40. The highest BCUT2D eigenvalue weighted by Crippen LogP contribution is 2.46. The van der Waals surface area contributed by atoms with Gasteiger partial charge in [0.1, 0.15) is 12.4 Å². The predicted octanol–water partition coefficient (Wildman–Crippen LogP) is 2.16. The monoisotopic (exact) mass is 413 g/mol. The SMILES string of the molecule is O=C1COCC2=C1C(c1ccc(F)c(Br)c1)C1=C(CCS1(=O)=O)N2. The van der Waals surface area contributed by atoms with Gasteiger partial charge in [0, 0.05) is 23.4 Å². The third kappa shape index (κ3) is 2.35. The van der Waals surface area contributed by atoms with Crippen LogP contribution in [0.25, 0.3) is 0 Å². The number of carbonyl (C=O) groups is 1. The van der Waals surface area contributed by atoms with Gasteiger partial charge in [-0.1, -0.05) is 6.07 Å². The molecule has 8 heteroatoms. The van der Waals surface area contributed by atoms with Gasteiger partial charge in [0.25, 0.3) is 0 Å². The summed E-state index contributed by atoms with van der Waals surface area (Å²) in [6, 6.07) is 4.34. The quantitative estimate of drug-likeness (QED) is 0.763. The van der Waals surface area contributed by atoms with Gasteiger partial charge in [-0.15, -0.1) is 0 Å². The second-order valence-corrected chi connectivity index (χ2v) is 8.88. The van der Waals surface area contributed by atoms with Gasteiger partial charge in [-0.25, -0.2) is 12.8 Å². The Balaban J connectivity index is 1.96. The van der Waals surface area contributed by atoms with E-state index in [1.165, 1.54) is 18.2 Å². The van der Waals surface area contributed by atoms with Crippen LogP contribution in [0.15, 0.2) is 44.5 Å². The number of dihydropyridines is 1. The van der Waals surface area contributed by atoms with Crippen LogP contribution in [-0.4, -0.2) is 33.2 Å². The number of ketones is 1. The molecule has 1 N–H and O–H groups in total. The summed E-state index contributed by atoms with van der Waals surface area (Å²) in [6.45, 7) is 0.152. The minimum Gasteiger partial charge on any atom is -0.367 e. The van der Waals surface area contributed by atoms with Crippen LogP contribution in [0.4, 0.5) is 4.39 Å². The lowest BCUT2D eigenvalue weighted by molar-refractivity contribution is -0.121. The number of nitrogens with one attached hydrogen (secondary N) is 1. The second-order valence-electron chi connectivity index (χ2n) is 5.95. The van der Waals surface area contributed by atoms with Crippen LogP contribution in [0.2, 0.25) is 0 Å². The van der Waals surface area contributed by atoms with Crippen molar-refractivity contribution in [2.75, 3.05) is 19.0 Å². The molecule has 0 amide bonds. The zero-order valence-corrected chi connectivity index (χ0v) is 14.8. The summed E-state index contributed by atoms with van der Waals surface area (Å²) in [5.74, 6) is -1.39. The van der Waals surface area contributed by atoms with Crippen LogP contribution < -0.4 is 5.32 Å². The van der Waals surface area contributed by atoms with Crippen molar-refractivity contribution in [3.63, 3.8) is 0 Å². The maximum Gasteiger partial charge on any atom is 0.187 e. The molecule has 3 aliphatic heterocycles. The fraction of sp³-hybridized carbons (Fsp3) is 0.312. The average Bonchev–Trinajstić information content (AvgIpc) is 2.84. The lowest BCUT2D eigenvalue weighted by Gasteiger charge is -2.33. The summed E-state index contributed by atoms with van der Waals surface area (Å²) < 4.78 is 44.2. The van der Waals surface area contributed by atoms with E-state index >= 15 is 0 Å². The van der Waals surface area contributed by atoms with Gasteiger partial charge in [-0.05, 0) is 33.6 Å². The lowest BCUT2D eigenvalue weighted by Crippen LogP contribution is -2.36. The van der Waals surface area contributed by atoms with Crippen molar-refractivity contribution in [2.24, 2.45) is 0 Å². The smallest absolute Gasteiger partial charge is 0.187 e. The molecule has 0 aliphatic carbocycles. The van der Waals surface area contributed by atoms with Crippen LogP contribution in [0.3, 0.4) is 0 Å². The molecule has 0 aromatic heterocycles. The second kappa shape index (κ2) is 5.50. The van der Waals surface area contributed by atoms with E-state index in [4.69, 9.17) is 4.74 Å². The molecule has 0 bridgehead atoms. The fourth-order valence-corrected chi connectivity index (χ4v) is 5.70. The molecule has 126 valence electrons. The summed E-state index contributed by atoms with van der Waals surface area (Å²) in [6.07, 6.45) is 0.376. The summed E-state index contributed by atoms with van der Waals surface area (Å²) in [5.41, 5.74) is 2.19. The van der Waals surface area contributed by atoms with Crippen molar-refractivity contribution in [3.8, 4) is 0 Å². The highest BCUT2D eigenvalue weighted by molar-refractivity contribution is 9.10. The minimum absolute atomic E-state index is 0.0130. The zero-order valence-electron chi connectivity index (χ0n) is 12.4. The number of benzene rings is 1. The Morgan fingerprint density at radius 2 is 2.04 bits per heavy atom. The molecule has 3 aliphatic rings. The number of rotatable bonds is 1. The number of ether oxygens (including phenoxy) is 1. The molecule has 1 aromatic carbocycles. The summed E-state index contributed by atoms with van der Waals surface area (Å²) in [7, 11) is -3.46. The molecule has 4 rings (SSSR count). The number of sulfone groups is 1. The van der Waals surface area contributed by atoms with Gasteiger partial charge < -0.3 is 10.1 Å². The van der Waals surface area contributed by atoms with E-state index in [2.05, 4.69) is 21.2 Å². The highest BCUT2D eigenvalue weighted by atomic mass is 79.9. The number of hydrogen-bond donors (Lipinski definition) is 1. The Labute approximate surface area is 146 Å². The largest absolute Gasteiger partial charge is 0.367 e. The first kappa shape index (κ1) is 16.0. The van der Waals surface area contributed by atoms with E-state index in [-0.39, 0.29) is 34.1 Å².